The minimum Gasteiger partial charge on any atom is -0.348 e. The fraction of sp³-hybridized carbons (Fsp3) is 0.688. The molecule has 0 saturated carbocycles. The first-order valence-electron chi connectivity index (χ1n) is 7.38. The monoisotopic (exact) mass is 296 g/mol. The van der Waals surface area contributed by atoms with E-state index in [9.17, 15) is 4.79 Å². The average Bonchev–Trinajstić information content (AvgIpc) is 2.86. The average molecular weight is 296 g/mol. The third-order valence-corrected chi connectivity index (χ3v) is 4.64. The van der Waals surface area contributed by atoms with Crippen LogP contribution in [0.25, 0.3) is 0 Å². The minimum absolute atomic E-state index is 0.125. The lowest BCUT2D eigenvalue weighted by Crippen LogP contribution is -2.32. The van der Waals surface area contributed by atoms with Gasteiger partial charge in [-0.05, 0) is 42.2 Å². The van der Waals surface area contributed by atoms with Crippen LogP contribution in [0.2, 0.25) is 0 Å². The van der Waals surface area contributed by atoms with Crippen LogP contribution in [0.1, 0.15) is 57.9 Å². The summed E-state index contributed by atoms with van der Waals surface area (Å²) in [7, 11) is 0. The van der Waals surface area contributed by atoms with E-state index in [4.69, 9.17) is 5.73 Å². The molecule has 1 aromatic heterocycles. The fourth-order valence-electron chi connectivity index (χ4n) is 2.25. The largest absolute Gasteiger partial charge is 0.348 e. The molecule has 0 bridgehead atoms. The molecule has 0 aliphatic carbocycles. The molecule has 0 aliphatic heterocycles. The molecule has 0 aliphatic rings. The quantitative estimate of drug-likeness (QED) is 0.768. The maximum Gasteiger partial charge on any atom is 0.220 e. The molecule has 3 nitrogen and oxygen atoms in total. The van der Waals surface area contributed by atoms with E-state index in [0.717, 1.165) is 12.8 Å². The molecule has 3 N–H and O–H groups in total. The summed E-state index contributed by atoms with van der Waals surface area (Å²) in [4.78, 5) is 13.4. The number of hydrogen-bond acceptors (Lipinski definition) is 3. The van der Waals surface area contributed by atoms with Crippen molar-refractivity contribution in [2.24, 2.45) is 17.1 Å². The Kier molecular flexibility index (Phi) is 6.69. The summed E-state index contributed by atoms with van der Waals surface area (Å²) < 4.78 is 0. The number of amides is 1. The third kappa shape index (κ3) is 5.63. The Hall–Kier alpha value is -0.870. The number of thiophene rings is 1. The van der Waals surface area contributed by atoms with Gasteiger partial charge in [-0.2, -0.15) is 0 Å². The van der Waals surface area contributed by atoms with Crippen molar-refractivity contribution in [3.05, 3.63) is 22.4 Å². The Morgan fingerprint density at radius 1 is 1.40 bits per heavy atom. The Morgan fingerprint density at radius 3 is 2.60 bits per heavy atom. The summed E-state index contributed by atoms with van der Waals surface area (Å²) in [5.41, 5.74) is 5.75. The minimum atomic E-state index is 0.125. The zero-order chi connectivity index (χ0) is 15.2. The van der Waals surface area contributed by atoms with Crippen molar-refractivity contribution >= 4 is 17.2 Å². The molecule has 1 heterocycles. The van der Waals surface area contributed by atoms with Crippen molar-refractivity contribution in [2.75, 3.05) is 6.54 Å². The second-order valence-corrected chi connectivity index (χ2v) is 7.49. The molecule has 0 aromatic carbocycles. The van der Waals surface area contributed by atoms with E-state index < -0.39 is 0 Å². The van der Waals surface area contributed by atoms with Gasteiger partial charge in [0.05, 0.1) is 6.04 Å². The highest BCUT2D eigenvalue weighted by Crippen LogP contribution is 2.28. The second kappa shape index (κ2) is 7.79. The van der Waals surface area contributed by atoms with E-state index in [2.05, 4.69) is 44.5 Å². The van der Waals surface area contributed by atoms with E-state index in [0.29, 0.717) is 18.9 Å². The smallest absolute Gasteiger partial charge is 0.220 e. The van der Waals surface area contributed by atoms with Crippen LogP contribution >= 0.6 is 11.3 Å². The summed E-state index contributed by atoms with van der Waals surface area (Å²) in [5.74, 6) is 0.539. The topological polar surface area (TPSA) is 55.1 Å². The number of nitrogens with two attached hydrogens (primary N) is 1. The molecular weight excluding hydrogens is 268 g/mol. The molecule has 20 heavy (non-hydrogen) atoms. The van der Waals surface area contributed by atoms with Crippen LogP contribution in [0.15, 0.2) is 17.5 Å². The number of carbonyl (C=O) groups is 1. The molecule has 1 amide bonds. The molecule has 1 aromatic rings. The second-order valence-electron chi connectivity index (χ2n) is 6.51. The van der Waals surface area contributed by atoms with Gasteiger partial charge in [0.1, 0.15) is 0 Å². The van der Waals surface area contributed by atoms with Gasteiger partial charge in [-0.1, -0.05) is 33.8 Å². The predicted molar refractivity (Wildman–Crippen MR) is 86.7 cm³/mol. The van der Waals surface area contributed by atoms with Gasteiger partial charge in [-0.25, -0.2) is 0 Å². The molecule has 0 radical (unpaired) electrons. The first-order valence-corrected chi connectivity index (χ1v) is 8.26. The van der Waals surface area contributed by atoms with Crippen LogP contribution in [-0.2, 0) is 4.79 Å². The molecule has 0 saturated heterocycles. The van der Waals surface area contributed by atoms with Crippen molar-refractivity contribution in [3.63, 3.8) is 0 Å². The summed E-state index contributed by atoms with van der Waals surface area (Å²) in [6.07, 6.45) is 2.41. The van der Waals surface area contributed by atoms with Crippen molar-refractivity contribution in [1.82, 2.24) is 5.32 Å². The molecular formula is C16H28N2OS. The fourth-order valence-corrected chi connectivity index (χ4v) is 3.20. The van der Waals surface area contributed by atoms with Gasteiger partial charge in [-0.15, -0.1) is 11.3 Å². The van der Waals surface area contributed by atoms with Crippen LogP contribution < -0.4 is 11.1 Å². The Labute approximate surface area is 127 Å². The van der Waals surface area contributed by atoms with Crippen LogP contribution in [0, 0.1) is 11.3 Å². The van der Waals surface area contributed by atoms with E-state index in [1.165, 1.54) is 4.88 Å². The van der Waals surface area contributed by atoms with E-state index in [-0.39, 0.29) is 17.4 Å². The highest BCUT2D eigenvalue weighted by molar-refractivity contribution is 7.10. The Bertz CT molecular complexity index is 399. The van der Waals surface area contributed by atoms with Gasteiger partial charge in [-0.3, -0.25) is 4.79 Å². The lowest BCUT2D eigenvalue weighted by atomic mass is 9.84. The number of nitrogens with one attached hydrogen (secondary N) is 1. The van der Waals surface area contributed by atoms with Crippen LogP contribution in [0.4, 0.5) is 0 Å². The predicted octanol–water partition coefficient (Wildman–Crippen LogP) is 3.72. The zero-order valence-electron chi connectivity index (χ0n) is 13.1. The van der Waals surface area contributed by atoms with Gasteiger partial charge in [0.15, 0.2) is 0 Å². The highest BCUT2D eigenvalue weighted by atomic mass is 32.1. The first-order chi connectivity index (χ1) is 9.35. The van der Waals surface area contributed by atoms with Gasteiger partial charge < -0.3 is 11.1 Å². The molecule has 4 heteroatoms. The van der Waals surface area contributed by atoms with Crippen molar-refractivity contribution < 1.29 is 4.79 Å². The highest BCUT2D eigenvalue weighted by Gasteiger charge is 2.22. The number of carbonyl (C=O) groups excluding carboxylic acids is 1. The first kappa shape index (κ1) is 17.2. The molecule has 0 fully saturated rings. The molecule has 114 valence electrons. The van der Waals surface area contributed by atoms with Gasteiger partial charge in [0, 0.05) is 11.3 Å². The molecule has 1 unspecified atom stereocenters. The number of rotatable bonds is 8. The lowest BCUT2D eigenvalue weighted by molar-refractivity contribution is -0.122. The van der Waals surface area contributed by atoms with Gasteiger partial charge in [0.2, 0.25) is 5.91 Å². The van der Waals surface area contributed by atoms with Gasteiger partial charge in [0.25, 0.3) is 0 Å². The summed E-state index contributed by atoms with van der Waals surface area (Å²) >= 11 is 1.70. The van der Waals surface area contributed by atoms with Crippen molar-refractivity contribution in [2.45, 2.75) is 53.0 Å². The molecule has 1 rings (SSSR count). The third-order valence-electron chi connectivity index (χ3n) is 3.68. The molecule has 1 atom stereocenters. The van der Waals surface area contributed by atoms with E-state index in [1.807, 2.05) is 6.07 Å². The van der Waals surface area contributed by atoms with Crippen molar-refractivity contribution in [3.8, 4) is 0 Å². The Balaban J connectivity index is 2.51. The summed E-state index contributed by atoms with van der Waals surface area (Å²) in [6, 6.07) is 4.25. The standard InChI is InChI=1S/C16H28N2OS/c1-12(2)15(13-6-5-11-20-13)18-14(19)7-8-16(3,4)9-10-17/h5-6,11-12,15H,7-10,17H2,1-4H3,(H,18,19). The van der Waals surface area contributed by atoms with E-state index >= 15 is 0 Å². The summed E-state index contributed by atoms with van der Waals surface area (Å²) in [6.45, 7) is 9.31. The maximum atomic E-state index is 12.2. The summed E-state index contributed by atoms with van der Waals surface area (Å²) in [5, 5.41) is 5.23. The van der Waals surface area contributed by atoms with Gasteiger partial charge >= 0.3 is 0 Å². The normalized spacial score (nSPS) is 13.5. The zero-order valence-corrected chi connectivity index (χ0v) is 13.9. The Morgan fingerprint density at radius 2 is 2.10 bits per heavy atom. The van der Waals surface area contributed by atoms with E-state index in [1.54, 1.807) is 11.3 Å². The van der Waals surface area contributed by atoms with Crippen molar-refractivity contribution in [1.29, 1.82) is 0 Å². The van der Waals surface area contributed by atoms with Crippen LogP contribution in [0.3, 0.4) is 0 Å². The molecule has 0 spiro atoms. The maximum absolute atomic E-state index is 12.2. The lowest BCUT2D eigenvalue weighted by Gasteiger charge is -2.25. The SMILES string of the molecule is CC(C)C(NC(=O)CCC(C)(C)CCN)c1cccs1. The van der Waals surface area contributed by atoms with Crippen LogP contribution in [-0.4, -0.2) is 12.5 Å². The number of hydrogen-bond donors (Lipinski definition) is 2. The van der Waals surface area contributed by atoms with Crippen LogP contribution in [0.5, 0.6) is 0 Å².